The molecular weight excluding hydrogens is 200 g/mol. The first-order valence-corrected chi connectivity index (χ1v) is 4.97. The first-order chi connectivity index (χ1) is 6.65. The van der Waals surface area contributed by atoms with Crippen molar-refractivity contribution < 1.29 is 9.90 Å². The molecule has 0 fully saturated rings. The summed E-state index contributed by atoms with van der Waals surface area (Å²) >= 11 is 5.87. The SMILES string of the molecule is CCC(=O)C[C@@H](O)c1ccccc1Cl. The molecule has 0 amide bonds. The average Bonchev–Trinajstić information content (AvgIpc) is 2.18. The van der Waals surface area contributed by atoms with Crippen molar-refractivity contribution in [1.82, 2.24) is 0 Å². The smallest absolute Gasteiger partial charge is 0.135 e. The van der Waals surface area contributed by atoms with Crippen LogP contribution in [0.1, 0.15) is 31.4 Å². The van der Waals surface area contributed by atoms with Gasteiger partial charge < -0.3 is 5.11 Å². The Balaban J connectivity index is 2.74. The molecule has 1 atom stereocenters. The van der Waals surface area contributed by atoms with Gasteiger partial charge in [0.15, 0.2) is 0 Å². The summed E-state index contributed by atoms with van der Waals surface area (Å²) in [6.07, 6.45) is -0.196. The summed E-state index contributed by atoms with van der Waals surface area (Å²) in [5.74, 6) is 0.0393. The lowest BCUT2D eigenvalue weighted by Gasteiger charge is -2.10. The van der Waals surface area contributed by atoms with Crippen molar-refractivity contribution in [2.45, 2.75) is 25.9 Å². The summed E-state index contributed by atoms with van der Waals surface area (Å²) in [4.78, 5) is 11.1. The average molecular weight is 213 g/mol. The number of ketones is 1. The first-order valence-electron chi connectivity index (χ1n) is 4.59. The van der Waals surface area contributed by atoms with Crippen molar-refractivity contribution >= 4 is 17.4 Å². The molecule has 1 aromatic rings. The van der Waals surface area contributed by atoms with Gasteiger partial charge in [0.25, 0.3) is 0 Å². The van der Waals surface area contributed by atoms with Crippen LogP contribution < -0.4 is 0 Å². The third kappa shape index (κ3) is 2.82. The van der Waals surface area contributed by atoms with E-state index in [2.05, 4.69) is 0 Å². The maximum Gasteiger partial charge on any atom is 0.135 e. The van der Waals surface area contributed by atoms with E-state index < -0.39 is 6.10 Å². The largest absolute Gasteiger partial charge is 0.388 e. The summed E-state index contributed by atoms with van der Waals surface area (Å²) in [5.41, 5.74) is 0.621. The lowest BCUT2D eigenvalue weighted by molar-refractivity contribution is -0.120. The number of Topliss-reactive ketones (excluding diaryl/α,β-unsaturated/α-hetero) is 1. The minimum absolute atomic E-state index is 0.0393. The molecule has 1 aromatic carbocycles. The van der Waals surface area contributed by atoms with E-state index in [4.69, 9.17) is 11.6 Å². The van der Waals surface area contributed by atoms with Gasteiger partial charge in [0.05, 0.1) is 6.10 Å². The van der Waals surface area contributed by atoms with Gasteiger partial charge in [0, 0.05) is 17.9 Å². The molecule has 1 rings (SSSR count). The molecule has 0 spiro atoms. The zero-order valence-corrected chi connectivity index (χ0v) is 8.79. The van der Waals surface area contributed by atoms with Crippen LogP contribution in [0.2, 0.25) is 5.02 Å². The van der Waals surface area contributed by atoms with E-state index in [1.54, 1.807) is 31.2 Å². The Kier molecular flexibility index (Phi) is 4.11. The summed E-state index contributed by atoms with van der Waals surface area (Å²) in [7, 11) is 0. The van der Waals surface area contributed by atoms with E-state index in [1.807, 2.05) is 0 Å². The lowest BCUT2D eigenvalue weighted by Crippen LogP contribution is -2.05. The van der Waals surface area contributed by atoms with Crippen LogP contribution in [-0.2, 0) is 4.79 Å². The van der Waals surface area contributed by atoms with E-state index in [-0.39, 0.29) is 12.2 Å². The fourth-order valence-corrected chi connectivity index (χ4v) is 1.48. The van der Waals surface area contributed by atoms with Crippen LogP contribution in [0.3, 0.4) is 0 Å². The highest BCUT2D eigenvalue weighted by atomic mass is 35.5. The van der Waals surface area contributed by atoms with E-state index in [0.29, 0.717) is 17.0 Å². The van der Waals surface area contributed by atoms with Gasteiger partial charge in [0.2, 0.25) is 0 Å². The first kappa shape index (κ1) is 11.2. The van der Waals surface area contributed by atoms with Crippen LogP contribution >= 0.6 is 11.6 Å². The number of rotatable bonds is 4. The highest BCUT2D eigenvalue weighted by molar-refractivity contribution is 6.31. The Morgan fingerprint density at radius 1 is 1.50 bits per heavy atom. The van der Waals surface area contributed by atoms with E-state index in [0.717, 1.165) is 0 Å². The second-order valence-electron chi connectivity index (χ2n) is 3.13. The molecule has 0 saturated heterocycles. The molecule has 0 aliphatic carbocycles. The Labute approximate surface area is 88.5 Å². The van der Waals surface area contributed by atoms with Crippen molar-refractivity contribution in [3.05, 3.63) is 34.9 Å². The van der Waals surface area contributed by atoms with Crippen LogP contribution in [0.25, 0.3) is 0 Å². The Hall–Kier alpha value is -0.860. The molecule has 14 heavy (non-hydrogen) atoms. The number of benzene rings is 1. The van der Waals surface area contributed by atoms with Gasteiger partial charge in [-0.1, -0.05) is 36.7 Å². The lowest BCUT2D eigenvalue weighted by atomic mass is 10.0. The van der Waals surface area contributed by atoms with Crippen LogP contribution in [-0.4, -0.2) is 10.9 Å². The van der Waals surface area contributed by atoms with Gasteiger partial charge in [0.1, 0.15) is 5.78 Å². The molecule has 0 aromatic heterocycles. The number of aliphatic hydroxyl groups is 1. The molecular formula is C11H13ClO2. The summed E-state index contributed by atoms with van der Waals surface area (Å²) < 4.78 is 0. The van der Waals surface area contributed by atoms with Crippen molar-refractivity contribution in [3.8, 4) is 0 Å². The fourth-order valence-electron chi connectivity index (χ4n) is 1.22. The van der Waals surface area contributed by atoms with E-state index >= 15 is 0 Å². The molecule has 3 heteroatoms. The van der Waals surface area contributed by atoms with Crippen molar-refractivity contribution in [2.75, 3.05) is 0 Å². The van der Waals surface area contributed by atoms with Gasteiger partial charge in [-0.15, -0.1) is 0 Å². The number of hydrogen-bond acceptors (Lipinski definition) is 2. The Morgan fingerprint density at radius 3 is 2.71 bits per heavy atom. The Bertz CT molecular complexity index is 323. The Morgan fingerprint density at radius 2 is 2.14 bits per heavy atom. The van der Waals surface area contributed by atoms with Gasteiger partial charge in [-0.25, -0.2) is 0 Å². The zero-order valence-electron chi connectivity index (χ0n) is 8.03. The molecule has 0 unspecified atom stereocenters. The topological polar surface area (TPSA) is 37.3 Å². The van der Waals surface area contributed by atoms with Crippen LogP contribution in [0.4, 0.5) is 0 Å². The molecule has 0 bridgehead atoms. The molecule has 1 N–H and O–H groups in total. The molecule has 76 valence electrons. The number of hydrogen-bond donors (Lipinski definition) is 1. The zero-order chi connectivity index (χ0) is 10.6. The number of carbonyl (C=O) groups excluding carboxylic acids is 1. The molecule has 0 heterocycles. The van der Waals surface area contributed by atoms with Gasteiger partial charge in [-0.05, 0) is 11.6 Å². The highest BCUT2D eigenvalue weighted by Gasteiger charge is 2.13. The predicted molar refractivity (Wildman–Crippen MR) is 56.3 cm³/mol. The van der Waals surface area contributed by atoms with Crippen molar-refractivity contribution in [2.24, 2.45) is 0 Å². The number of aliphatic hydroxyl groups excluding tert-OH is 1. The van der Waals surface area contributed by atoms with Crippen LogP contribution in [0.15, 0.2) is 24.3 Å². The summed E-state index contributed by atoms with van der Waals surface area (Å²) in [5, 5.41) is 10.2. The molecule has 0 radical (unpaired) electrons. The van der Waals surface area contributed by atoms with Crippen LogP contribution in [0.5, 0.6) is 0 Å². The maximum atomic E-state index is 11.1. The fraction of sp³-hybridized carbons (Fsp3) is 0.364. The quantitative estimate of drug-likeness (QED) is 0.834. The molecule has 0 aliphatic heterocycles. The van der Waals surface area contributed by atoms with Gasteiger partial charge in [-0.3, -0.25) is 4.79 Å². The van der Waals surface area contributed by atoms with Crippen molar-refractivity contribution in [1.29, 1.82) is 0 Å². The highest BCUT2D eigenvalue weighted by Crippen LogP contribution is 2.25. The molecule has 2 nitrogen and oxygen atoms in total. The van der Waals surface area contributed by atoms with Gasteiger partial charge in [-0.2, -0.15) is 0 Å². The number of carbonyl (C=O) groups is 1. The normalized spacial score (nSPS) is 12.5. The molecule has 0 aliphatic rings. The van der Waals surface area contributed by atoms with E-state index in [9.17, 15) is 9.90 Å². The van der Waals surface area contributed by atoms with Crippen LogP contribution in [0, 0.1) is 0 Å². The van der Waals surface area contributed by atoms with Crippen molar-refractivity contribution in [3.63, 3.8) is 0 Å². The second-order valence-corrected chi connectivity index (χ2v) is 3.54. The monoisotopic (exact) mass is 212 g/mol. The summed E-state index contributed by atoms with van der Waals surface area (Å²) in [6, 6.07) is 7.02. The predicted octanol–water partition coefficient (Wildman–Crippen LogP) is 2.74. The summed E-state index contributed by atoms with van der Waals surface area (Å²) in [6.45, 7) is 1.78. The maximum absolute atomic E-state index is 11.1. The number of halogens is 1. The minimum Gasteiger partial charge on any atom is -0.388 e. The standard InChI is InChI=1S/C11H13ClO2/c1-2-8(13)7-11(14)9-5-3-4-6-10(9)12/h3-6,11,14H,2,7H2,1H3/t11-/m1/s1. The minimum atomic E-state index is -0.781. The third-order valence-electron chi connectivity index (χ3n) is 2.08. The van der Waals surface area contributed by atoms with E-state index in [1.165, 1.54) is 0 Å². The van der Waals surface area contributed by atoms with Gasteiger partial charge >= 0.3 is 0 Å². The molecule has 0 saturated carbocycles. The second kappa shape index (κ2) is 5.13. The third-order valence-corrected chi connectivity index (χ3v) is 2.42.